The van der Waals surface area contributed by atoms with Crippen molar-refractivity contribution in [2.75, 3.05) is 14.1 Å². The lowest BCUT2D eigenvalue weighted by atomic mass is 10.0. The number of hydrogen-bond acceptors (Lipinski definition) is 2. The van der Waals surface area contributed by atoms with Crippen molar-refractivity contribution < 1.29 is 10.1 Å². The molecule has 1 aliphatic rings. The van der Waals surface area contributed by atoms with Gasteiger partial charge in [0.1, 0.15) is 11.2 Å². The van der Waals surface area contributed by atoms with E-state index in [0.29, 0.717) is 5.70 Å². The summed E-state index contributed by atoms with van der Waals surface area (Å²) in [5.74, 6) is 0. The number of quaternary nitrogens is 2. The molecule has 2 N–H and O–H groups in total. The Balaban J connectivity index is 2.92. The van der Waals surface area contributed by atoms with Crippen LogP contribution in [0.4, 0.5) is 0 Å². The number of hydroxylamine groups is 4. The SMILES string of the molecule is C[NH+]([O-])C1=CC=CC(C)([NH+](C)[O-])C=C1. The van der Waals surface area contributed by atoms with Gasteiger partial charge in [-0.2, -0.15) is 0 Å². The van der Waals surface area contributed by atoms with E-state index < -0.39 is 5.54 Å². The van der Waals surface area contributed by atoms with Crippen molar-refractivity contribution in [2.24, 2.45) is 0 Å². The Labute approximate surface area is 84.0 Å². The van der Waals surface area contributed by atoms with E-state index in [1.807, 2.05) is 13.0 Å². The van der Waals surface area contributed by atoms with Crippen LogP contribution in [0.3, 0.4) is 0 Å². The van der Waals surface area contributed by atoms with Gasteiger partial charge in [-0.1, -0.05) is 6.08 Å². The molecule has 0 aromatic heterocycles. The van der Waals surface area contributed by atoms with Crippen LogP contribution >= 0.6 is 0 Å². The molecular formula is C10H16N2O2. The second-order valence-corrected chi connectivity index (χ2v) is 3.71. The zero-order valence-electron chi connectivity index (χ0n) is 8.70. The molecule has 14 heavy (non-hydrogen) atoms. The second-order valence-electron chi connectivity index (χ2n) is 3.71. The summed E-state index contributed by atoms with van der Waals surface area (Å²) in [4.78, 5) is 0. The summed E-state index contributed by atoms with van der Waals surface area (Å²) in [6.45, 7) is 1.83. The molecule has 78 valence electrons. The maximum absolute atomic E-state index is 11.3. The summed E-state index contributed by atoms with van der Waals surface area (Å²) in [7, 11) is 3.06. The summed E-state index contributed by atoms with van der Waals surface area (Å²) in [5, 5.41) is 22.5. The smallest absolute Gasteiger partial charge is 0.132 e. The average Bonchev–Trinajstić information content (AvgIpc) is 2.28. The Morgan fingerprint density at radius 1 is 1.21 bits per heavy atom. The molecule has 0 aromatic rings. The van der Waals surface area contributed by atoms with Gasteiger partial charge >= 0.3 is 0 Å². The number of nitrogens with one attached hydrogen (secondary N) is 2. The molecule has 0 radical (unpaired) electrons. The van der Waals surface area contributed by atoms with Gasteiger partial charge in [0.2, 0.25) is 0 Å². The van der Waals surface area contributed by atoms with Gasteiger partial charge in [-0.15, -0.1) is 0 Å². The monoisotopic (exact) mass is 196 g/mol. The van der Waals surface area contributed by atoms with Gasteiger partial charge in [0.05, 0.1) is 14.1 Å². The normalized spacial score (nSPS) is 30.8. The minimum absolute atomic E-state index is 0.0127. The van der Waals surface area contributed by atoms with Crippen molar-refractivity contribution in [2.45, 2.75) is 12.5 Å². The van der Waals surface area contributed by atoms with Crippen LogP contribution in [-0.4, -0.2) is 19.6 Å². The minimum Gasteiger partial charge on any atom is -0.634 e. The summed E-state index contributed by atoms with van der Waals surface area (Å²) >= 11 is 0. The summed E-state index contributed by atoms with van der Waals surface area (Å²) in [6.07, 6.45) is 8.78. The molecule has 0 spiro atoms. The topological polar surface area (TPSA) is 55.0 Å². The summed E-state index contributed by atoms with van der Waals surface area (Å²) in [6, 6.07) is 0. The maximum Gasteiger partial charge on any atom is 0.132 e. The quantitative estimate of drug-likeness (QED) is 0.544. The lowest BCUT2D eigenvalue weighted by molar-refractivity contribution is -0.865. The number of rotatable bonds is 2. The molecule has 3 atom stereocenters. The third-order valence-electron chi connectivity index (χ3n) is 2.49. The summed E-state index contributed by atoms with van der Waals surface area (Å²) in [5.41, 5.74) is 0.0551. The van der Waals surface area contributed by atoms with Crippen LogP contribution in [-0.2, 0) is 0 Å². The van der Waals surface area contributed by atoms with E-state index in [1.54, 1.807) is 31.4 Å². The molecule has 3 unspecified atom stereocenters. The van der Waals surface area contributed by atoms with Gasteiger partial charge in [-0.3, -0.25) is 0 Å². The molecule has 0 saturated carbocycles. The van der Waals surface area contributed by atoms with Gasteiger partial charge < -0.3 is 20.5 Å². The Morgan fingerprint density at radius 2 is 1.86 bits per heavy atom. The Kier molecular flexibility index (Phi) is 3.23. The largest absolute Gasteiger partial charge is 0.634 e. The van der Waals surface area contributed by atoms with Crippen LogP contribution in [0.2, 0.25) is 0 Å². The van der Waals surface area contributed by atoms with E-state index in [2.05, 4.69) is 0 Å². The first-order chi connectivity index (χ1) is 6.46. The van der Waals surface area contributed by atoms with Gasteiger partial charge in [0.15, 0.2) is 0 Å². The van der Waals surface area contributed by atoms with Gasteiger partial charge in [0, 0.05) is 6.08 Å². The van der Waals surface area contributed by atoms with Crippen molar-refractivity contribution in [1.82, 2.24) is 0 Å². The lowest BCUT2D eigenvalue weighted by Gasteiger charge is -2.33. The minimum atomic E-state index is -0.576. The van der Waals surface area contributed by atoms with Crippen molar-refractivity contribution in [1.29, 1.82) is 0 Å². The van der Waals surface area contributed by atoms with E-state index in [4.69, 9.17) is 0 Å². The fraction of sp³-hybridized carbons (Fsp3) is 0.400. The van der Waals surface area contributed by atoms with Crippen molar-refractivity contribution in [3.63, 3.8) is 0 Å². The van der Waals surface area contributed by atoms with Crippen LogP contribution in [0.1, 0.15) is 6.92 Å². The van der Waals surface area contributed by atoms with Crippen LogP contribution in [0.5, 0.6) is 0 Å². The lowest BCUT2D eigenvalue weighted by Crippen LogP contribution is -3.12. The Morgan fingerprint density at radius 3 is 2.36 bits per heavy atom. The number of likely N-dealkylation sites (N-methyl/N-ethyl adjacent to an activating group) is 2. The number of hydrogen-bond donors (Lipinski definition) is 2. The third kappa shape index (κ3) is 2.30. The predicted octanol–water partition coefficient (Wildman–Crippen LogP) is -1.22. The molecule has 0 fully saturated rings. The maximum atomic E-state index is 11.3. The van der Waals surface area contributed by atoms with Crippen molar-refractivity contribution >= 4 is 0 Å². The molecule has 4 heteroatoms. The highest BCUT2D eigenvalue weighted by atomic mass is 16.5. The van der Waals surface area contributed by atoms with E-state index in [0.717, 1.165) is 0 Å². The van der Waals surface area contributed by atoms with E-state index in [9.17, 15) is 10.4 Å². The Bertz CT molecular complexity index is 292. The van der Waals surface area contributed by atoms with Crippen LogP contribution in [0.15, 0.2) is 36.1 Å². The molecule has 0 amide bonds. The fourth-order valence-electron chi connectivity index (χ4n) is 1.20. The molecule has 0 bridgehead atoms. The zero-order chi connectivity index (χ0) is 10.8. The zero-order valence-corrected chi connectivity index (χ0v) is 8.70. The van der Waals surface area contributed by atoms with E-state index in [-0.39, 0.29) is 10.1 Å². The van der Waals surface area contributed by atoms with Gasteiger partial charge in [0.25, 0.3) is 0 Å². The molecular weight excluding hydrogens is 180 g/mol. The number of allylic oxidation sites excluding steroid dienone is 3. The van der Waals surface area contributed by atoms with Gasteiger partial charge in [-0.25, -0.2) is 0 Å². The van der Waals surface area contributed by atoms with Gasteiger partial charge in [-0.05, 0) is 25.2 Å². The summed E-state index contributed by atoms with van der Waals surface area (Å²) < 4.78 is 0. The molecule has 4 nitrogen and oxygen atoms in total. The molecule has 0 saturated heterocycles. The van der Waals surface area contributed by atoms with E-state index in [1.165, 1.54) is 7.05 Å². The molecule has 1 aliphatic carbocycles. The van der Waals surface area contributed by atoms with Crippen LogP contribution < -0.4 is 10.1 Å². The van der Waals surface area contributed by atoms with Crippen LogP contribution in [0.25, 0.3) is 0 Å². The first-order valence-corrected chi connectivity index (χ1v) is 4.56. The first-order valence-electron chi connectivity index (χ1n) is 4.56. The second kappa shape index (κ2) is 4.06. The van der Waals surface area contributed by atoms with E-state index >= 15 is 0 Å². The average molecular weight is 196 g/mol. The van der Waals surface area contributed by atoms with Crippen molar-refractivity contribution in [3.8, 4) is 0 Å². The molecule has 1 rings (SSSR count). The molecule has 0 heterocycles. The highest BCUT2D eigenvalue weighted by Gasteiger charge is 2.23. The molecule has 0 aliphatic heterocycles. The predicted molar refractivity (Wildman–Crippen MR) is 55.3 cm³/mol. The first kappa shape index (κ1) is 11.1. The van der Waals surface area contributed by atoms with Crippen LogP contribution in [0, 0.1) is 10.4 Å². The third-order valence-corrected chi connectivity index (χ3v) is 2.49. The fourth-order valence-corrected chi connectivity index (χ4v) is 1.20. The van der Waals surface area contributed by atoms with Crippen molar-refractivity contribution in [3.05, 3.63) is 46.5 Å². The standard InChI is InChI=1S/C10H16N2O2/c1-10(12(3)14)7-4-5-9(6-8-10)11(2)13/h4-8,11-12H,1-3H3. The highest BCUT2D eigenvalue weighted by Crippen LogP contribution is 2.08. The molecule has 0 aromatic carbocycles. The Hall–Kier alpha value is -0.940. The highest BCUT2D eigenvalue weighted by molar-refractivity contribution is 5.28.